The van der Waals surface area contributed by atoms with Gasteiger partial charge in [-0.05, 0) is 69.7 Å². The van der Waals surface area contributed by atoms with Gasteiger partial charge in [0.15, 0.2) is 11.5 Å². The number of nitrogens with zero attached hydrogens (tertiary/aromatic N) is 2. The summed E-state index contributed by atoms with van der Waals surface area (Å²) in [6.45, 7) is 3.14. The van der Waals surface area contributed by atoms with Crippen LogP contribution in [0.25, 0.3) is 0 Å². The molecule has 1 N–H and O–H groups in total. The van der Waals surface area contributed by atoms with Gasteiger partial charge in [0.1, 0.15) is 0 Å². The van der Waals surface area contributed by atoms with Crippen molar-refractivity contribution >= 4 is 11.7 Å². The first-order chi connectivity index (χ1) is 16.5. The van der Waals surface area contributed by atoms with E-state index in [4.69, 9.17) is 14.6 Å². The van der Waals surface area contributed by atoms with E-state index in [9.17, 15) is 4.79 Å². The number of carboxylic acids is 1. The highest BCUT2D eigenvalue weighted by Gasteiger charge is 2.29. The van der Waals surface area contributed by atoms with Crippen molar-refractivity contribution in [2.75, 3.05) is 38.7 Å². The smallest absolute Gasteiger partial charge is 0.306 e. The van der Waals surface area contributed by atoms with Crippen LogP contribution in [0.1, 0.15) is 44.1 Å². The Morgan fingerprint density at radius 3 is 2.35 bits per heavy atom. The molecule has 0 spiro atoms. The topological polar surface area (TPSA) is 62.2 Å². The minimum absolute atomic E-state index is 0.0185. The Balaban J connectivity index is 0.000000398. The lowest BCUT2D eigenvalue weighted by Crippen LogP contribution is -2.52. The lowest BCUT2D eigenvalue weighted by molar-refractivity contribution is -0.138. The van der Waals surface area contributed by atoms with E-state index in [0.717, 1.165) is 63.2 Å². The third-order valence-electron chi connectivity index (χ3n) is 7.13. The van der Waals surface area contributed by atoms with Crippen molar-refractivity contribution in [1.29, 1.82) is 0 Å². The number of carbonyl (C=O) groups is 1. The average Bonchev–Trinajstić information content (AvgIpc) is 3.59. The number of rotatable bonds is 7. The third-order valence-corrected chi connectivity index (χ3v) is 7.13. The van der Waals surface area contributed by atoms with Gasteiger partial charge in [-0.2, -0.15) is 0 Å². The Labute approximate surface area is 203 Å². The summed E-state index contributed by atoms with van der Waals surface area (Å²) in [5.41, 5.74) is 2.64. The van der Waals surface area contributed by atoms with E-state index in [-0.39, 0.29) is 5.92 Å². The van der Waals surface area contributed by atoms with Gasteiger partial charge in [-0.15, -0.1) is 0 Å². The number of piperazine rings is 1. The van der Waals surface area contributed by atoms with Gasteiger partial charge in [0.05, 0.1) is 19.1 Å². The van der Waals surface area contributed by atoms with Crippen molar-refractivity contribution in [3.8, 4) is 11.5 Å². The van der Waals surface area contributed by atoms with Crippen LogP contribution in [0.4, 0.5) is 5.69 Å². The molecule has 6 nitrogen and oxygen atoms in total. The zero-order chi connectivity index (χ0) is 23.9. The van der Waals surface area contributed by atoms with Crippen LogP contribution in [0.5, 0.6) is 11.5 Å². The Bertz CT molecular complexity index is 925. The first-order valence-electron chi connectivity index (χ1n) is 12.6. The number of carboxylic acid groups (broad SMARTS) is 1. The van der Waals surface area contributed by atoms with E-state index in [1.54, 1.807) is 7.11 Å². The highest BCUT2D eigenvalue weighted by molar-refractivity contribution is 5.72. The van der Waals surface area contributed by atoms with Crippen molar-refractivity contribution in [2.45, 2.75) is 57.1 Å². The van der Waals surface area contributed by atoms with Crippen LogP contribution >= 0.6 is 0 Å². The van der Waals surface area contributed by atoms with Crippen LogP contribution in [-0.2, 0) is 11.2 Å². The van der Waals surface area contributed by atoms with E-state index < -0.39 is 5.97 Å². The molecule has 2 saturated carbocycles. The number of likely N-dealkylation sites (N-methyl/N-ethyl adjacent to an activating group) is 1. The molecule has 2 aromatic rings. The third kappa shape index (κ3) is 6.66. The van der Waals surface area contributed by atoms with Gasteiger partial charge in [-0.25, -0.2) is 0 Å². The molecule has 0 aromatic heterocycles. The molecule has 0 amide bonds. The van der Waals surface area contributed by atoms with Crippen molar-refractivity contribution in [3.63, 3.8) is 0 Å². The van der Waals surface area contributed by atoms with E-state index in [1.807, 2.05) is 0 Å². The van der Waals surface area contributed by atoms with Crippen LogP contribution in [0.3, 0.4) is 0 Å². The molecule has 1 atom stereocenters. The molecule has 1 saturated heterocycles. The van der Waals surface area contributed by atoms with Crippen molar-refractivity contribution < 1.29 is 19.4 Å². The van der Waals surface area contributed by atoms with Crippen molar-refractivity contribution in [1.82, 2.24) is 4.90 Å². The molecule has 2 aromatic carbocycles. The Hall–Kier alpha value is -2.73. The summed E-state index contributed by atoms with van der Waals surface area (Å²) in [4.78, 5) is 14.7. The van der Waals surface area contributed by atoms with Gasteiger partial charge >= 0.3 is 5.97 Å². The van der Waals surface area contributed by atoms with Gasteiger partial charge in [0, 0.05) is 37.4 Å². The number of methoxy groups -OCH3 is 1. The molecule has 34 heavy (non-hydrogen) atoms. The van der Waals surface area contributed by atoms with E-state index in [1.165, 1.54) is 24.1 Å². The first kappa shape index (κ1) is 24.4. The highest BCUT2D eigenvalue weighted by Crippen LogP contribution is 2.35. The summed E-state index contributed by atoms with van der Waals surface area (Å²) in [5, 5.41) is 8.05. The molecule has 184 valence electrons. The lowest BCUT2D eigenvalue weighted by atomic mass is 10.0. The minimum atomic E-state index is -0.630. The average molecular weight is 467 g/mol. The highest BCUT2D eigenvalue weighted by atomic mass is 16.5. The maximum Gasteiger partial charge on any atom is 0.306 e. The quantitative estimate of drug-likeness (QED) is 0.629. The summed E-state index contributed by atoms with van der Waals surface area (Å²) >= 11 is 0. The van der Waals surface area contributed by atoms with Crippen LogP contribution in [0.15, 0.2) is 48.5 Å². The number of ether oxygens (including phenoxy) is 2. The molecule has 0 unspecified atom stereocenters. The second-order valence-electron chi connectivity index (χ2n) is 9.74. The molecule has 3 fully saturated rings. The molecule has 2 aliphatic carbocycles. The molecular formula is C28H38N2O4. The molecular weight excluding hydrogens is 428 g/mol. The molecule has 1 aliphatic heterocycles. The van der Waals surface area contributed by atoms with Gasteiger partial charge in [0.2, 0.25) is 0 Å². The largest absolute Gasteiger partial charge is 0.493 e. The van der Waals surface area contributed by atoms with E-state index in [0.29, 0.717) is 12.1 Å². The number of hydrogen-bond donors (Lipinski definition) is 1. The maximum absolute atomic E-state index is 9.76. The van der Waals surface area contributed by atoms with Crippen molar-refractivity contribution in [2.24, 2.45) is 5.92 Å². The number of anilines is 1. The van der Waals surface area contributed by atoms with Gasteiger partial charge in [-0.3, -0.25) is 9.69 Å². The summed E-state index contributed by atoms with van der Waals surface area (Å²) in [5.74, 6) is 1.12. The van der Waals surface area contributed by atoms with Crippen LogP contribution < -0.4 is 14.4 Å². The number of benzene rings is 2. The summed E-state index contributed by atoms with van der Waals surface area (Å²) < 4.78 is 11.9. The standard InChI is InChI=1S/C24H32N2O2.C4H6O2/c1-25-14-15-26(18-21(25)16-19-8-4-3-5-9-19)20-12-13-23(27-2)24(17-20)28-22-10-6-7-11-22;5-4(6)3-1-2-3/h3-5,8-9,12-13,17,21-22H,6-7,10-11,14-16,18H2,1-2H3;3H,1-2H2,(H,5,6)/t21-;/m0./s1. The van der Waals surface area contributed by atoms with Crippen molar-refractivity contribution in [3.05, 3.63) is 54.1 Å². The SMILES string of the molecule is COc1ccc(N2CCN(C)[C@@H](Cc3ccccc3)C2)cc1OC1CCCC1.O=C(O)C1CC1. The normalized spacial score (nSPS) is 21.0. The fraction of sp³-hybridized carbons (Fsp3) is 0.536. The molecule has 1 heterocycles. The second kappa shape index (κ2) is 11.6. The zero-order valence-electron chi connectivity index (χ0n) is 20.5. The monoisotopic (exact) mass is 466 g/mol. The number of hydrogen-bond acceptors (Lipinski definition) is 5. The molecule has 5 rings (SSSR count). The van der Waals surface area contributed by atoms with Crippen LogP contribution in [0, 0.1) is 5.92 Å². The molecule has 3 aliphatic rings. The Kier molecular flexibility index (Phi) is 8.33. The van der Waals surface area contributed by atoms with Gasteiger partial charge < -0.3 is 19.5 Å². The van der Waals surface area contributed by atoms with E-state index >= 15 is 0 Å². The first-order valence-corrected chi connectivity index (χ1v) is 12.6. The van der Waals surface area contributed by atoms with Crippen LogP contribution in [0.2, 0.25) is 0 Å². The zero-order valence-corrected chi connectivity index (χ0v) is 20.5. The fourth-order valence-electron chi connectivity index (χ4n) is 4.76. The summed E-state index contributed by atoms with van der Waals surface area (Å²) in [7, 11) is 3.97. The molecule has 6 heteroatoms. The summed E-state index contributed by atoms with van der Waals surface area (Å²) in [6.07, 6.45) is 8.06. The van der Waals surface area contributed by atoms with Gasteiger partial charge in [-0.1, -0.05) is 30.3 Å². The van der Waals surface area contributed by atoms with Crippen LogP contribution in [-0.4, -0.2) is 61.9 Å². The number of aliphatic carboxylic acids is 1. The van der Waals surface area contributed by atoms with E-state index in [2.05, 4.69) is 65.4 Å². The Morgan fingerprint density at radius 1 is 1.00 bits per heavy atom. The van der Waals surface area contributed by atoms with Gasteiger partial charge in [0.25, 0.3) is 0 Å². The predicted octanol–water partition coefficient (Wildman–Crippen LogP) is 4.86. The predicted molar refractivity (Wildman–Crippen MR) is 135 cm³/mol. The lowest BCUT2D eigenvalue weighted by Gasteiger charge is -2.41. The minimum Gasteiger partial charge on any atom is -0.493 e. The molecule has 0 radical (unpaired) electrons. The second-order valence-corrected chi connectivity index (χ2v) is 9.74. The fourth-order valence-corrected chi connectivity index (χ4v) is 4.76. The summed E-state index contributed by atoms with van der Waals surface area (Å²) in [6, 6.07) is 17.7. The molecule has 0 bridgehead atoms. The maximum atomic E-state index is 9.76. The Morgan fingerprint density at radius 2 is 1.74 bits per heavy atom.